The largest absolute Gasteiger partial charge is 0.346 e. The fourth-order valence-corrected chi connectivity index (χ4v) is 5.62. The van der Waals surface area contributed by atoms with Crippen LogP contribution in [-0.4, -0.2) is 46.4 Å². The number of carbonyl (C=O) groups excluding carboxylic acids is 1. The number of sulfone groups is 1. The van der Waals surface area contributed by atoms with Crippen molar-refractivity contribution < 1.29 is 21.6 Å². The lowest BCUT2D eigenvalue weighted by Gasteiger charge is -2.18. The van der Waals surface area contributed by atoms with Crippen LogP contribution in [0.4, 0.5) is 0 Å². The second-order valence-corrected chi connectivity index (χ2v) is 11.6. The average Bonchev–Trinajstić information content (AvgIpc) is 3.23. The molecule has 162 valence electrons. The predicted molar refractivity (Wildman–Crippen MR) is 115 cm³/mol. The van der Waals surface area contributed by atoms with Gasteiger partial charge >= 0.3 is 0 Å². The number of hydrogen-bond acceptors (Lipinski definition) is 5. The number of nitrogens with zero attached hydrogens (tertiary/aromatic N) is 1. The summed E-state index contributed by atoms with van der Waals surface area (Å²) in [4.78, 5) is 13.2. The number of amides is 1. The van der Waals surface area contributed by atoms with Gasteiger partial charge in [0.2, 0.25) is 10.0 Å². The van der Waals surface area contributed by atoms with Crippen LogP contribution < -0.4 is 5.32 Å². The van der Waals surface area contributed by atoms with Crippen molar-refractivity contribution >= 4 is 25.8 Å². The number of benzene rings is 2. The lowest BCUT2D eigenvalue weighted by Crippen LogP contribution is -2.29. The Bertz CT molecular complexity index is 1150. The van der Waals surface area contributed by atoms with E-state index in [1.54, 1.807) is 32.0 Å². The molecule has 1 amide bonds. The lowest BCUT2D eigenvalue weighted by molar-refractivity contribution is 0.0939. The van der Waals surface area contributed by atoms with Crippen molar-refractivity contribution in [2.24, 2.45) is 0 Å². The molecule has 1 atom stereocenters. The van der Waals surface area contributed by atoms with Crippen LogP contribution in [-0.2, 0) is 19.9 Å². The number of sulfonamides is 1. The maximum Gasteiger partial charge on any atom is 0.252 e. The highest BCUT2D eigenvalue weighted by Gasteiger charge is 2.28. The summed E-state index contributed by atoms with van der Waals surface area (Å²) in [5, 5.41) is 2.86. The topological polar surface area (TPSA) is 101 Å². The molecule has 9 heteroatoms. The Labute approximate surface area is 178 Å². The van der Waals surface area contributed by atoms with Gasteiger partial charge in [0.1, 0.15) is 0 Å². The molecule has 1 heterocycles. The number of aryl methyl sites for hydroxylation is 1. The van der Waals surface area contributed by atoms with E-state index in [1.165, 1.54) is 28.6 Å². The zero-order valence-electron chi connectivity index (χ0n) is 17.3. The summed E-state index contributed by atoms with van der Waals surface area (Å²) in [5.74, 6) is -0.384. The number of hydrogen-bond donors (Lipinski definition) is 1. The summed E-state index contributed by atoms with van der Waals surface area (Å²) < 4.78 is 50.3. The number of rotatable bonds is 6. The SMILES string of the molecule is Cc1ccc(S(=O)(=O)N2CCCC2)cc1C(=O)NC(C)c1ccc(S(C)(=O)=O)cc1. The maximum absolute atomic E-state index is 12.9. The smallest absolute Gasteiger partial charge is 0.252 e. The highest BCUT2D eigenvalue weighted by Crippen LogP contribution is 2.24. The summed E-state index contributed by atoms with van der Waals surface area (Å²) in [6.07, 6.45) is 2.82. The minimum absolute atomic E-state index is 0.116. The Morgan fingerprint density at radius 1 is 0.967 bits per heavy atom. The Hall–Kier alpha value is -2.23. The molecule has 0 spiro atoms. The molecule has 0 bridgehead atoms. The molecule has 1 aliphatic rings. The van der Waals surface area contributed by atoms with E-state index < -0.39 is 19.9 Å². The van der Waals surface area contributed by atoms with Gasteiger partial charge in [0.25, 0.3) is 5.91 Å². The summed E-state index contributed by atoms with van der Waals surface area (Å²) in [5.41, 5.74) is 1.72. The van der Waals surface area contributed by atoms with E-state index in [0.29, 0.717) is 24.2 Å². The van der Waals surface area contributed by atoms with Gasteiger partial charge in [0.15, 0.2) is 9.84 Å². The molecule has 1 aliphatic heterocycles. The summed E-state index contributed by atoms with van der Waals surface area (Å²) in [6.45, 7) is 4.54. The van der Waals surface area contributed by atoms with Crippen LogP contribution in [0, 0.1) is 6.92 Å². The van der Waals surface area contributed by atoms with Crippen LogP contribution in [0.25, 0.3) is 0 Å². The first-order valence-corrected chi connectivity index (χ1v) is 13.0. The molecule has 0 saturated carbocycles. The number of carbonyl (C=O) groups is 1. The molecular formula is C21H26N2O5S2. The van der Waals surface area contributed by atoms with Gasteiger partial charge in [-0.2, -0.15) is 4.31 Å². The van der Waals surface area contributed by atoms with Gasteiger partial charge in [-0.1, -0.05) is 18.2 Å². The third kappa shape index (κ3) is 4.74. The zero-order valence-corrected chi connectivity index (χ0v) is 18.9. The first kappa shape index (κ1) is 22.5. The zero-order chi connectivity index (χ0) is 22.1. The second-order valence-electron chi connectivity index (χ2n) is 7.62. The van der Waals surface area contributed by atoms with Gasteiger partial charge < -0.3 is 5.32 Å². The van der Waals surface area contributed by atoms with Crippen LogP contribution in [0.15, 0.2) is 52.3 Å². The Morgan fingerprint density at radius 2 is 1.53 bits per heavy atom. The molecule has 0 aromatic heterocycles. The van der Waals surface area contributed by atoms with Gasteiger partial charge in [0, 0.05) is 24.9 Å². The van der Waals surface area contributed by atoms with Crippen LogP contribution >= 0.6 is 0 Å². The normalized spacial score (nSPS) is 16.4. The van der Waals surface area contributed by atoms with Crippen molar-refractivity contribution in [3.63, 3.8) is 0 Å². The molecular weight excluding hydrogens is 424 g/mol. The standard InChI is InChI=1S/C21H26N2O5S2/c1-15-6-9-19(30(27,28)23-12-4-5-13-23)14-20(15)21(24)22-16(2)17-7-10-18(11-8-17)29(3,25)26/h6-11,14,16H,4-5,12-13H2,1-3H3,(H,22,24). The van der Waals surface area contributed by atoms with E-state index in [4.69, 9.17) is 0 Å². The molecule has 2 aromatic carbocycles. The van der Waals surface area contributed by atoms with Gasteiger partial charge in [0.05, 0.1) is 15.8 Å². The maximum atomic E-state index is 12.9. The van der Waals surface area contributed by atoms with E-state index in [1.807, 2.05) is 0 Å². The third-order valence-electron chi connectivity index (χ3n) is 5.31. The van der Waals surface area contributed by atoms with Crippen LogP contribution in [0.3, 0.4) is 0 Å². The van der Waals surface area contributed by atoms with E-state index in [-0.39, 0.29) is 21.7 Å². The van der Waals surface area contributed by atoms with Crippen molar-refractivity contribution in [3.8, 4) is 0 Å². The fraction of sp³-hybridized carbons (Fsp3) is 0.381. The van der Waals surface area contributed by atoms with Gasteiger partial charge in [-0.25, -0.2) is 16.8 Å². The average molecular weight is 451 g/mol. The Balaban J connectivity index is 1.81. The van der Waals surface area contributed by atoms with E-state index >= 15 is 0 Å². The van der Waals surface area contributed by atoms with Gasteiger partial charge in [-0.05, 0) is 62.1 Å². The summed E-state index contributed by atoms with van der Waals surface area (Å²) >= 11 is 0. The summed E-state index contributed by atoms with van der Waals surface area (Å²) in [6, 6.07) is 10.5. The van der Waals surface area contributed by atoms with Crippen LogP contribution in [0.5, 0.6) is 0 Å². The summed E-state index contributed by atoms with van der Waals surface area (Å²) in [7, 11) is -6.91. The minimum atomic E-state index is -3.61. The highest BCUT2D eigenvalue weighted by molar-refractivity contribution is 7.90. The highest BCUT2D eigenvalue weighted by atomic mass is 32.2. The Kier molecular flexibility index (Phi) is 6.35. The molecule has 1 fully saturated rings. The molecule has 2 aromatic rings. The van der Waals surface area contributed by atoms with Crippen LogP contribution in [0.2, 0.25) is 0 Å². The minimum Gasteiger partial charge on any atom is -0.346 e. The molecule has 1 N–H and O–H groups in total. The first-order valence-electron chi connectivity index (χ1n) is 9.72. The molecule has 1 unspecified atom stereocenters. The quantitative estimate of drug-likeness (QED) is 0.729. The molecule has 0 aliphatic carbocycles. The molecule has 1 saturated heterocycles. The van der Waals surface area contributed by atoms with E-state index in [9.17, 15) is 21.6 Å². The van der Waals surface area contributed by atoms with Crippen molar-refractivity contribution in [1.29, 1.82) is 0 Å². The lowest BCUT2D eigenvalue weighted by atomic mass is 10.1. The van der Waals surface area contributed by atoms with Crippen molar-refractivity contribution in [1.82, 2.24) is 9.62 Å². The third-order valence-corrected chi connectivity index (χ3v) is 8.34. The predicted octanol–water partition coefficient (Wildman–Crippen LogP) is 2.67. The van der Waals surface area contributed by atoms with Gasteiger partial charge in [-0.3, -0.25) is 4.79 Å². The fourth-order valence-electron chi connectivity index (χ4n) is 3.45. The van der Waals surface area contributed by atoms with Crippen LogP contribution in [0.1, 0.15) is 47.3 Å². The molecule has 7 nitrogen and oxygen atoms in total. The molecule has 0 radical (unpaired) electrons. The first-order chi connectivity index (χ1) is 14.0. The van der Waals surface area contributed by atoms with Gasteiger partial charge in [-0.15, -0.1) is 0 Å². The monoisotopic (exact) mass is 450 g/mol. The Morgan fingerprint density at radius 3 is 2.10 bits per heavy atom. The van der Waals surface area contributed by atoms with E-state index in [0.717, 1.165) is 24.7 Å². The number of nitrogens with one attached hydrogen (secondary N) is 1. The van der Waals surface area contributed by atoms with Crippen molar-refractivity contribution in [3.05, 3.63) is 59.2 Å². The second kappa shape index (κ2) is 8.49. The van der Waals surface area contributed by atoms with Crippen molar-refractivity contribution in [2.45, 2.75) is 42.5 Å². The molecule has 30 heavy (non-hydrogen) atoms. The van der Waals surface area contributed by atoms with Crippen molar-refractivity contribution in [2.75, 3.05) is 19.3 Å². The molecule has 3 rings (SSSR count). The van der Waals surface area contributed by atoms with E-state index in [2.05, 4.69) is 5.32 Å².